The maximum Gasteiger partial charge on any atom is 0.0961 e. The van der Waals surface area contributed by atoms with E-state index >= 15 is 0 Å². The van der Waals surface area contributed by atoms with Crippen LogP contribution in [-0.4, -0.2) is 54.2 Å². The van der Waals surface area contributed by atoms with Crippen molar-refractivity contribution in [3.05, 3.63) is 52.5 Å². The molecule has 0 spiro atoms. The highest BCUT2D eigenvalue weighted by atomic mass is 32.2. The lowest BCUT2D eigenvalue weighted by molar-refractivity contribution is 0.169. The summed E-state index contributed by atoms with van der Waals surface area (Å²) in [6.45, 7) is 2.37. The van der Waals surface area contributed by atoms with E-state index in [1.54, 1.807) is 11.8 Å². The smallest absolute Gasteiger partial charge is 0.0961 e. The molecule has 0 saturated heterocycles. The van der Waals surface area contributed by atoms with Crippen LogP contribution in [0.25, 0.3) is 0 Å². The van der Waals surface area contributed by atoms with E-state index in [4.69, 9.17) is 9.97 Å². The maximum atomic E-state index is 5.25. The Hall–Kier alpha value is -1.43. The summed E-state index contributed by atoms with van der Waals surface area (Å²) in [6, 6.07) is 9.98. The zero-order valence-corrected chi connectivity index (χ0v) is 20.9. The minimum Gasteiger partial charge on any atom is -0.301 e. The van der Waals surface area contributed by atoms with E-state index in [1.165, 1.54) is 53.9 Å². The minimum absolute atomic E-state index is 0.380. The number of hydrogen-bond donors (Lipinski definition) is 0. The van der Waals surface area contributed by atoms with Gasteiger partial charge >= 0.3 is 0 Å². The second-order valence-corrected chi connectivity index (χ2v) is 10.7. The number of rotatable bonds is 6. The highest BCUT2D eigenvalue weighted by Gasteiger charge is 2.34. The molecule has 2 aromatic rings. The second-order valence-electron chi connectivity index (χ2n) is 9.89. The van der Waals surface area contributed by atoms with E-state index < -0.39 is 0 Å². The van der Waals surface area contributed by atoms with Gasteiger partial charge in [0.05, 0.1) is 28.5 Å². The van der Waals surface area contributed by atoms with Crippen molar-refractivity contribution in [3.63, 3.8) is 0 Å². The highest BCUT2D eigenvalue weighted by Crippen LogP contribution is 2.42. The van der Waals surface area contributed by atoms with Crippen LogP contribution < -0.4 is 0 Å². The molecule has 31 heavy (non-hydrogen) atoms. The molecule has 0 saturated carbocycles. The molecular weight excluding hydrogens is 400 g/mol. The molecule has 5 heteroatoms. The van der Waals surface area contributed by atoms with Crippen molar-refractivity contribution in [2.24, 2.45) is 5.92 Å². The normalized spacial score (nSPS) is 24.2. The zero-order valence-electron chi connectivity index (χ0n) is 20.1. The van der Waals surface area contributed by atoms with E-state index in [2.05, 4.69) is 75.4 Å². The van der Waals surface area contributed by atoms with Crippen LogP contribution in [0, 0.1) is 5.92 Å². The fraction of sp³-hybridized carbons (Fsp3) is 0.615. The van der Waals surface area contributed by atoms with Gasteiger partial charge in [-0.15, -0.1) is 11.8 Å². The highest BCUT2D eigenvalue weighted by molar-refractivity contribution is 7.98. The molecule has 2 heterocycles. The van der Waals surface area contributed by atoms with Gasteiger partial charge in [0.1, 0.15) is 0 Å². The van der Waals surface area contributed by atoms with Crippen molar-refractivity contribution < 1.29 is 0 Å². The summed E-state index contributed by atoms with van der Waals surface area (Å²) in [5, 5.41) is 1.13. The summed E-state index contributed by atoms with van der Waals surface area (Å²) in [7, 11) is 8.80. The molecule has 2 aromatic heterocycles. The van der Waals surface area contributed by atoms with Crippen LogP contribution in [0.3, 0.4) is 0 Å². The van der Waals surface area contributed by atoms with E-state index in [9.17, 15) is 0 Å². The number of pyridine rings is 2. The summed E-state index contributed by atoms with van der Waals surface area (Å²) in [4.78, 5) is 15.0. The first-order valence-corrected chi connectivity index (χ1v) is 13.0. The molecule has 0 radical (unpaired) electrons. The van der Waals surface area contributed by atoms with Gasteiger partial charge in [0, 0.05) is 5.69 Å². The minimum atomic E-state index is 0.380. The first kappa shape index (κ1) is 22.8. The van der Waals surface area contributed by atoms with Crippen molar-refractivity contribution in [2.45, 2.75) is 68.5 Å². The third-order valence-electron chi connectivity index (χ3n) is 7.32. The first-order chi connectivity index (χ1) is 14.9. The number of fused-ring (bicyclic) bond motifs is 2. The monoisotopic (exact) mass is 438 g/mol. The molecule has 0 N–H and O–H groups in total. The average molecular weight is 439 g/mol. The Morgan fingerprint density at radius 2 is 1.68 bits per heavy atom. The Morgan fingerprint density at radius 1 is 0.935 bits per heavy atom. The molecule has 4 rings (SSSR count). The lowest BCUT2D eigenvalue weighted by atomic mass is 9.77. The van der Waals surface area contributed by atoms with Crippen LogP contribution >= 0.6 is 11.8 Å². The Balaban J connectivity index is 1.58. The molecule has 168 valence electrons. The van der Waals surface area contributed by atoms with Gasteiger partial charge in [0.15, 0.2) is 0 Å². The standard InChI is InChI=1S/C26H38N4S/c1-17(21-14-12-18-8-7-9-22(29(2)3)24(18)27-21)16-20-11-10-19-13-15-23(31-6)28-25(19)26(20)30(4)5/h12-15,17,20,22,26H,7-11,16H2,1-6H3. The average Bonchev–Trinajstić information content (AvgIpc) is 2.77. The van der Waals surface area contributed by atoms with Gasteiger partial charge in [-0.3, -0.25) is 4.98 Å². The fourth-order valence-corrected chi connectivity index (χ4v) is 6.09. The molecule has 0 aliphatic heterocycles. The van der Waals surface area contributed by atoms with Crippen LogP contribution in [0.4, 0.5) is 0 Å². The predicted octanol–water partition coefficient (Wildman–Crippen LogP) is 5.50. The van der Waals surface area contributed by atoms with Crippen molar-refractivity contribution in [2.75, 3.05) is 34.4 Å². The van der Waals surface area contributed by atoms with Crippen molar-refractivity contribution in [1.82, 2.24) is 19.8 Å². The zero-order chi connectivity index (χ0) is 22.1. The molecule has 0 aromatic carbocycles. The van der Waals surface area contributed by atoms with Crippen molar-refractivity contribution in [1.29, 1.82) is 0 Å². The van der Waals surface area contributed by atoms with Gasteiger partial charge in [-0.2, -0.15) is 0 Å². The number of aromatic nitrogens is 2. The second kappa shape index (κ2) is 9.60. The third-order valence-corrected chi connectivity index (χ3v) is 7.97. The summed E-state index contributed by atoms with van der Waals surface area (Å²) in [5.74, 6) is 1.05. The van der Waals surface area contributed by atoms with Gasteiger partial charge in [-0.05, 0) is 108 Å². The molecule has 0 fully saturated rings. The van der Waals surface area contributed by atoms with Crippen LogP contribution in [0.2, 0.25) is 0 Å². The Kier molecular flexibility index (Phi) is 7.04. The number of aryl methyl sites for hydroxylation is 2. The molecule has 4 atom stereocenters. The lowest BCUT2D eigenvalue weighted by Gasteiger charge is -2.38. The number of nitrogens with zero attached hydrogens (tertiary/aromatic N) is 4. The van der Waals surface area contributed by atoms with Gasteiger partial charge in [-0.25, -0.2) is 4.98 Å². The number of thioether (sulfide) groups is 1. The number of hydrogen-bond acceptors (Lipinski definition) is 5. The van der Waals surface area contributed by atoms with E-state index in [0.717, 1.165) is 17.9 Å². The Labute approximate surface area is 192 Å². The molecule has 4 unspecified atom stereocenters. The van der Waals surface area contributed by atoms with Crippen LogP contribution in [0.15, 0.2) is 29.3 Å². The van der Waals surface area contributed by atoms with Crippen LogP contribution in [-0.2, 0) is 12.8 Å². The first-order valence-electron chi connectivity index (χ1n) is 11.8. The van der Waals surface area contributed by atoms with Crippen LogP contribution in [0.5, 0.6) is 0 Å². The fourth-order valence-electron chi connectivity index (χ4n) is 5.70. The Bertz CT molecular complexity index is 910. The molecular formula is C26H38N4S. The largest absolute Gasteiger partial charge is 0.301 e. The van der Waals surface area contributed by atoms with Crippen molar-refractivity contribution >= 4 is 11.8 Å². The molecule has 0 bridgehead atoms. The van der Waals surface area contributed by atoms with Gasteiger partial charge in [-0.1, -0.05) is 19.1 Å². The lowest BCUT2D eigenvalue weighted by Crippen LogP contribution is -2.33. The predicted molar refractivity (Wildman–Crippen MR) is 131 cm³/mol. The summed E-state index contributed by atoms with van der Waals surface area (Å²) >= 11 is 1.74. The summed E-state index contributed by atoms with van der Waals surface area (Å²) < 4.78 is 0. The summed E-state index contributed by atoms with van der Waals surface area (Å²) in [6.07, 6.45) is 9.30. The molecule has 0 amide bonds. The van der Waals surface area contributed by atoms with Gasteiger partial charge in [0.25, 0.3) is 0 Å². The SMILES string of the molecule is CSc1ccc2c(n1)C(N(C)C)C(CC(C)c1ccc3c(n1)C(N(C)C)CCC3)CC2. The van der Waals surface area contributed by atoms with E-state index in [-0.39, 0.29) is 0 Å². The topological polar surface area (TPSA) is 32.3 Å². The quantitative estimate of drug-likeness (QED) is 0.556. The van der Waals surface area contributed by atoms with Crippen LogP contribution in [0.1, 0.15) is 78.8 Å². The van der Waals surface area contributed by atoms with E-state index in [0.29, 0.717) is 23.9 Å². The van der Waals surface area contributed by atoms with Crippen molar-refractivity contribution in [3.8, 4) is 0 Å². The maximum absolute atomic E-state index is 5.25. The van der Waals surface area contributed by atoms with Gasteiger partial charge < -0.3 is 9.80 Å². The summed E-state index contributed by atoms with van der Waals surface area (Å²) in [5.41, 5.74) is 6.77. The third kappa shape index (κ3) is 4.69. The van der Waals surface area contributed by atoms with Gasteiger partial charge in [0.2, 0.25) is 0 Å². The Morgan fingerprint density at radius 3 is 2.39 bits per heavy atom. The molecule has 4 nitrogen and oxygen atoms in total. The molecule has 2 aliphatic carbocycles. The van der Waals surface area contributed by atoms with E-state index in [1.807, 2.05) is 0 Å². The molecule has 2 aliphatic rings.